The molecule has 1 N–H and O–H groups in total. The van der Waals surface area contributed by atoms with Crippen molar-refractivity contribution >= 4 is 11.8 Å². The molecule has 0 saturated carbocycles. The largest absolute Gasteiger partial charge is 0.361 e. The van der Waals surface area contributed by atoms with Gasteiger partial charge in [0.2, 0.25) is 5.91 Å². The molecule has 0 spiro atoms. The molecule has 5 nitrogen and oxygen atoms in total. The van der Waals surface area contributed by atoms with Gasteiger partial charge < -0.3 is 15.0 Å². The van der Waals surface area contributed by atoms with Crippen molar-refractivity contribution in [1.29, 1.82) is 0 Å². The molecule has 0 aromatic heterocycles. The number of nitrogens with one attached hydrogen (secondary N) is 1. The molecule has 1 aliphatic rings. The van der Waals surface area contributed by atoms with Gasteiger partial charge in [-0.3, -0.25) is 9.59 Å². The maximum Gasteiger partial charge on any atom is 0.254 e. The van der Waals surface area contributed by atoms with Crippen LogP contribution in [0.2, 0.25) is 0 Å². The Balaban J connectivity index is 1.90. The van der Waals surface area contributed by atoms with Crippen LogP contribution in [0.4, 0.5) is 0 Å². The van der Waals surface area contributed by atoms with Crippen molar-refractivity contribution in [1.82, 2.24) is 10.2 Å². The van der Waals surface area contributed by atoms with Gasteiger partial charge in [0.1, 0.15) is 0 Å². The molecule has 5 heteroatoms. The number of benzene rings is 2. The van der Waals surface area contributed by atoms with Gasteiger partial charge in [-0.25, -0.2) is 0 Å². The van der Waals surface area contributed by atoms with Crippen molar-refractivity contribution in [2.75, 3.05) is 26.7 Å². The first-order valence-corrected chi connectivity index (χ1v) is 10.0. The predicted octanol–water partition coefficient (Wildman–Crippen LogP) is 3.29. The lowest BCUT2D eigenvalue weighted by atomic mass is 9.88. The Hall–Kier alpha value is -2.66. The first kappa shape index (κ1) is 21.1. The molecule has 0 unspecified atom stereocenters. The van der Waals surface area contributed by atoms with Gasteiger partial charge in [0.15, 0.2) is 5.60 Å². The molecule has 29 heavy (non-hydrogen) atoms. The number of amides is 2. The molecule has 2 aromatic carbocycles. The van der Waals surface area contributed by atoms with Crippen molar-refractivity contribution in [2.45, 2.75) is 32.8 Å². The number of carbonyl (C=O) groups excluding carboxylic acids is 2. The zero-order chi connectivity index (χ0) is 21.1. The lowest BCUT2D eigenvalue weighted by Crippen LogP contribution is -2.62. The van der Waals surface area contributed by atoms with E-state index in [1.807, 2.05) is 51.1 Å². The second kappa shape index (κ2) is 8.37. The fraction of sp³-hybridized carbons (Fsp3) is 0.417. The van der Waals surface area contributed by atoms with Gasteiger partial charge in [-0.15, -0.1) is 0 Å². The molecule has 1 saturated heterocycles. The van der Waals surface area contributed by atoms with Gasteiger partial charge in [0, 0.05) is 25.4 Å². The number of hydrogen-bond acceptors (Lipinski definition) is 3. The molecule has 1 heterocycles. The Labute approximate surface area is 173 Å². The molecule has 0 radical (unpaired) electrons. The van der Waals surface area contributed by atoms with Gasteiger partial charge in [-0.1, -0.05) is 75.4 Å². The van der Waals surface area contributed by atoms with Crippen LogP contribution < -0.4 is 5.32 Å². The zero-order valence-corrected chi connectivity index (χ0v) is 17.7. The van der Waals surface area contributed by atoms with Crippen LogP contribution in [0.25, 0.3) is 11.1 Å². The van der Waals surface area contributed by atoms with E-state index in [1.165, 1.54) is 0 Å². The molecule has 2 amide bonds. The Morgan fingerprint density at radius 2 is 1.76 bits per heavy atom. The van der Waals surface area contributed by atoms with Crippen molar-refractivity contribution in [3.8, 4) is 11.1 Å². The first-order chi connectivity index (χ1) is 13.7. The molecule has 1 fully saturated rings. The van der Waals surface area contributed by atoms with Crippen molar-refractivity contribution < 1.29 is 14.3 Å². The number of carbonyl (C=O) groups is 2. The van der Waals surface area contributed by atoms with Crippen LogP contribution in [0.15, 0.2) is 54.6 Å². The third-order valence-electron chi connectivity index (χ3n) is 5.28. The Morgan fingerprint density at radius 3 is 2.41 bits per heavy atom. The lowest BCUT2D eigenvalue weighted by Gasteiger charge is -2.43. The fourth-order valence-electron chi connectivity index (χ4n) is 3.81. The summed E-state index contributed by atoms with van der Waals surface area (Å²) < 4.78 is 6.05. The molecular formula is C24H30N2O3. The van der Waals surface area contributed by atoms with E-state index in [0.717, 1.165) is 16.7 Å². The normalized spacial score (nSPS) is 19.7. The maximum atomic E-state index is 12.9. The Morgan fingerprint density at radius 1 is 1.07 bits per heavy atom. The molecule has 3 rings (SSSR count). The van der Waals surface area contributed by atoms with Gasteiger partial charge in [0.05, 0.1) is 13.2 Å². The summed E-state index contributed by atoms with van der Waals surface area (Å²) in [5, 5.41) is 2.74. The number of hydrogen-bond donors (Lipinski definition) is 1. The summed E-state index contributed by atoms with van der Waals surface area (Å²) in [7, 11) is 1.61. The highest BCUT2D eigenvalue weighted by molar-refractivity contribution is 5.88. The summed E-state index contributed by atoms with van der Waals surface area (Å²) in [6, 6.07) is 18.3. The number of likely N-dealkylation sites (N-methyl/N-ethyl adjacent to an activating group) is 1. The molecule has 2 aromatic rings. The maximum absolute atomic E-state index is 12.9. The van der Waals surface area contributed by atoms with Crippen molar-refractivity contribution in [3.05, 3.63) is 60.2 Å². The summed E-state index contributed by atoms with van der Waals surface area (Å²) >= 11 is 0. The number of ether oxygens (including phenoxy) is 1. The second-order valence-corrected chi connectivity index (χ2v) is 8.64. The van der Waals surface area contributed by atoms with Crippen LogP contribution in [0.1, 0.15) is 26.3 Å². The van der Waals surface area contributed by atoms with E-state index >= 15 is 0 Å². The van der Waals surface area contributed by atoms with Crippen LogP contribution in [-0.4, -0.2) is 49.1 Å². The third kappa shape index (κ3) is 4.67. The van der Waals surface area contributed by atoms with Crippen molar-refractivity contribution in [3.63, 3.8) is 0 Å². The molecule has 1 aliphatic heterocycles. The Bertz CT molecular complexity index is 873. The van der Waals surface area contributed by atoms with Gasteiger partial charge >= 0.3 is 0 Å². The van der Waals surface area contributed by atoms with Gasteiger partial charge in [-0.2, -0.15) is 0 Å². The van der Waals surface area contributed by atoms with Crippen LogP contribution in [0.3, 0.4) is 0 Å². The van der Waals surface area contributed by atoms with E-state index in [9.17, 15) is 9.59 Å². The summed E-state index contributed by atoms with van der Waals surface area (Å²) in [5.74, 6) is -0.166. The molecule has 0 aliphatic carbocycles. The van der Waals surface area contributed by atoms with Crippen LogP contribution in [0, 0.1) is 5.41 Å². The summed E-state index contributed by atoms with van der Waals surface area (Å²) in [4.78, 5) is 27.5. The SMILES string of the molecule is CNC(=O)[C@@]1(Cc2cccc(-c3ccccc3)c2)CN(C(=O)C(C)(C)C)CCO1. The number of rotatable bonds is 4. The minimum atomic E-state index is -1.09. The van der Waals surface area contributed by atoms with E-state index in [2.05, 4.69) is 29.6 Å². The molecule has 1 atom stereocenters. The molecule has 154 valence electrons. The highest BCUT2D eigenvalue weighted by Crippen LogP contribution is 2.29. The third-order valence-corrected chi connectivity index (χ3v) is 5.28. The second-order valence-electron chi connectivity index (χ2n) is 8.64. The predicted molar refractivity (Wildman–Crippen MR) is 114 cm³/mol. The van der Waals surface area contributed by atoms with Crippen LogP contribution in [0.5, 0.6) is 0 Å². The molecule has 0 bridgehead atoms. The number of nitrogens with zero attached hydrogens (tertiary/aromatic N) is 1. The monoisotopic (exact) mass is 394 g/mol. The quantitative estimate of drug-likeness (QED) is 0.866. The highest BCUT2D eigenvalue weighted by Gasteiger charge is 2.46. The first-order valence-electron chi connectivity index (χ1n) is 10.0. The van der Waals surface area contributed by atoms with Gasteiger partial charge in [-0.05, 0) is 16.7 Å². The van der Waals surface area contributed by atoms with E-state index < -0.39 is 11.0 Å². The minimum Gasteiger partial charge on any atom is -0.361 e. The standard InChI is InChI=1S/C24H30N2O3/c1-23(2,3)22(28)26-13-14-29-24(17-26,21(27)25-4)16-18-9-8-12-20(15-18)19-10-6-5-7-11-19/h5-12,15H,13-14,16-17H2,1-4H3,(H,25,27)/t24-/m1/s1. The fourth-order valence-corrected chi connectivity index (χ4v) is 3.81. The topological polar surface area (TPSA) is 58.6 Å². The van der Waals surface area contributed by atoms with E-state index in [0.29, 0.717) is 19.6 Å². The molecular weight excluding hydrogens is 364 g/mol. The van der Waals surface area contributed by atoms with Crippen LogP contribution in [-0.2, 0) is 20.7 Å². The highest BCUT2D eigenvalue weighted by atomic mass is 16.5. The summed E-state index contributed by atoms with van der Waals surface area (Å²) in [6.07, 6.45) is 0.404. The smallest absolute Gasteiger partial charge is 0.254 e. The summed E-state index contributed by atoms with van der Waals surface area (Å²) in [6.45, 7) is 6.78. The summed E-state index contributed by atoms with van der Waals surface area (Å²) in [5.41, 5.74) is 1.62. The van der Waals surface area contributed by atoms with Gasteiger partial charge in [0.25, 0.3) is 5.91 Å². The minimum absolute atomic E-state index is 0.0344. The number of morpholine rings is 1. The average Bonchev–Trinajstić information content (AvgIpc) is 2.73. The van der Waals surface area contributed by atoms with E-state index in [1.54, 1.807) is 11.9 Å². The zero-order valence-electron chi connectivity index (χ0n) is 17.7. The lowest BCUT2D eigenvalue weighted by molar-refractivity contribution is -0.169. The van der Waals surface area contributed by atoms with Crippen LogP contribution >= 0.6 is 0 Å². The van der Waals surface area contributed by atoms with E-state index in [-0.39, 0.29) is 18.4 Å². The van der Waals surface area contributed by atoms with Crippen molar-refractivity contribution in [2.24, 2.45) is 5.41 Å². The average molecular weight is 395 g/mol. The Kier molecular flexibility index (Phi) is 6.08. The van der Waals surface area contributed by atoms with E-state index in [4.69, 9.17) is 4.74 Å².